The zero-order valence-electron chi connectivity index (χ0n) is 36.8. The molecule has 336 valence electrons. The van der Waals surface area contributed by atoms with E-state index in [0.717, 1.165) is 64.2 Å². The molecule has 2 saturated heterocycles. The fourth-order valence-corrected chi connectivity index (χ4v) is 12.7. The molecular formula is C47H72N2O11. The van der Waals surface area contributed by atoms with Gasteiger partial charge in [0.2, 0.25) is 5.91 Å². The van der Waals surface area contributed by atoms with Crippen LogP contribution in [-0.4, -0.2) is 114 Å². The fraction of sp³-hybridized carbons (Fsp3) is 0.787. The summed E-state index contributed by atoms with van der Waals surface area (Å²) >= 11 is 0. The molecule has 17 atom stereocenters. The fourth-order valence-electron chi connectivity index (χ4n) is 12.7. The van der Waals surface area contributed by atoms with Crippen LogP contribution in [0.3, 0.4) is 0 Å². The van der Waals surface area contributed by atoms with E-state index in [1.807, 2.05) is 0 Å². The number of benzene rings is 1. The van der Waals surface area contributed by atoms with Crippen molar-refractivity contribution >= 4 is 11.8 Å². The second kappa shape index (κ2) is 18.6. The van der Waals surface area contributed by atoms with Gasteiger partial charge in [0.25, 0.3) is 5.91 Å². The zero-order valence-corrected chi connectivity index (χ0v) is 36.8. The third-order valence-electron chi connectivity index (χ3n) is 15.8. The summed E-state index contributed by atoms with van der Waals surface area (Å²) in [5.41, 5.74) is 1.86. The summed E-state index contributed by atoms with van der Waals surface area (Å²) in [6.07, 6.45) is 4.80. The van der Waals surface area contributed by atoms with Crippen molar-refractivity contribution in [1.82, 2.24) is 10.6 Å². The lowest BCUT2D eigenvalue weighted by Crippen LogP contribution is -2.67. The van der Waals surface area contributed by atoms with Gasteiger partial charge >= 0.3 is 0 Å². The van der Waals surface area contributed by atoms with Crippen LogP contribution >= 0.6 is 0 Å². The molecule has 3 saturated carbocycles. The maximum Gasteiger partial charge on any atom is 0.251 e. The maximum absolute atomic E-state index is 13.4. The average molecular weight is 841 g/mol. The predicted octanol–water partition coefficient (Wildman–Crippen LogP) is 4.88. The zero-order chi connectivity index (χ0) is 43.1. The highest BCUT2D eigenvalue weighted by molar-refractivity contribution is 5.94. The van der Waals surface area contributed by atoms with Gasteiger partial charge in [0.05, 0.1) is 32.5 Å². The van der Waals surface area contributed by atoms with Gasteiger partial charge in [0.15, 0.2) is 12.6 Å². The number of fused-ring (bicyclic) bond motifs is 5. The van der Waals surface area contributed by atoms with Crippen molar-refractivity contribution in [2.75, 3.05) is 20.3 Å². The van der Waals surface area contributed by atoms with Crippen LogP contribution in [0.4, 0.5) is 0 Å². The van der Waals surface area contributed by atoms with E-state index in [2.05, 4.69) is 51.3 Å². The van der Waals surface area contributed by atoms with E-state index in [0.29, 0.717) is 40.9 Å². The summed E-state index contributed by atoms with van der Waals surface area (Å²) < 4.78 is 31.1. The minimum atomic E-state index is -1.45. The summed E-state index contributed by atoms with van der Waals surface area (Å²) in [4.78, 5) is 26.3. The van der Waals surface area contributed by atoms with Gasteiger partial charge in [-0.25, -0.2) is 0 Å². The molecule has 13 nitrogen and oxygen atoms in total. The summed E-state index contributed by atoms with van der Waals surface area (Å²) in [5.74, 6) is 2.35. The van der Waals surface area contributed by atoms with Crippen molar-refractivity contribution in [3.8, 4) is 5.75 Å². The van der Waals surface area contributed by atoms with Crippen molar-refractivity contribution in [1.29, 1.82) is 0 Å². The summed E-state index contributed by atoms with van der Waals surface area (Å²) in [6.45, 7) is 12.8. The standard InChI is InChI=1S/C47H72N2O11/c1-25(2)9-8-10-26(3)38-37(22-34-32-16-13-29-21-30(51)17-19-46(29,5)33(32)18-20-47(34,38)6)59-45-40(48-27(4)50)42(36(53)24-58-45)60-44-39(41(54)35(52)23-57-44)49-43(55)28-11-14-31(56-7)15-12-28/h11-15,25-26,30,32-42,44-45,51-54H,8-10,16-24H2,1-7H3,(H,48,50)(H,49,55)/t26-,30+,32-,33+,34?,35?,36?,37+,38+,39?,40?,41?,42?,44?,45?,46+,47+/m1/s1. The molecule has 6 N–H and O–H groups in total. The monoisotopic (exact) mass is 841 g/mol. The lowest BCUT2D eigenvalue weighted by molar-refractivity contribution is -0.304. The highest BCUT2D eigenvalue weighted by atomic mass is 16.7. The van der Waals surface area contributed by atoms with Crippen molar-refractivity contribution < 1.29 is 53.7 Å². The Morgan fingerprint density at radius 3 is 2.27 bits per heavy atom. The number of methoxy groups -OCH3 is 1. The molecule has 0 bridgehead atoms. The summed E-state index contributed by atoms with van der Waals surface area (Å²) in [5, 5.41) is 49.6. The van der Waals surface area contributed by atoms with Crippen molar-refractivity contribution in [2.45, 2.75) is 167 Å². The number of hydrogen-bond acceptors (Lipinski definition) is 11. The first kappa shape index (κ1) is 45.4. The van der Waals surface area contributed by atoms with Gasteiger partial charge in [-0.1, -0.05) is 65.5 Å². The van der Waals surface area contributed by atoms with Gasteiger partial charge in [-0.3, -0.25) is 9.59 Å². The van der Waals surface area contributed by atoms with Crippen LogP contribution in [-0.2, 0) is 23.7 Å². The molecule has 0 radical (unpaired) electrons. The quantitative estimate of drug-likeness (QED) is 0.149. The van der Waals surface area contributed by atoms with Crippen LogP contribution in [0.15, 0.2) is 35.9 Å². The number of ether oxygens (including phenoxy) is 5. The average Bonchev–Trinajstić information content (AvgIpc) is 3.51. The summed E-state index contributed by atoms with van der Waals surface area (Å²) in [7, 11) is 1.53. The molecule has 5 fully saturated rings. The SMILES string of the molecule is COc1ccc(C(=O)NC2C(OC3C(O)COC(O[C@H]4CC5[C@@H]6CC=C7C[C@@H](O)CC[C@]7(C)[C@H]6CC[C@]5(C)[C@H]4[C@H](C)CCCC(C)C)C3NC(C)=O)OCC(O)C2O)cc1. The number of amides is 2. The first-order valence-corrected chi connectivity index (χ1v) is 22.7. The molecule has 0 aromatic heterocycles. The number of aliphatic hydroxyl groups is 4. The van der Waals surface area contributed by atoms with E-state index in [1.165, 1.54) is 19.6 Å². The predicted molar refractivity (Wildman–Crippen MR) is 224 cm³/mol. The minimum Gasteiger partial charge on any atom is -0.497 e. The largest absolute Gasteiger partial charge is 0.497 e. The molecular weight excluding hydrogens is 769 g/mol. The van der Waals surface area contributed by atoms with E-state index in [9.17, 15) is 30.0 Å². The minimum absolute atomic E-state index is 0.0226. The smallest absolute Gasteiger partial charge is 0.251 e. The molecule has 2 heterocycles. The Bertz CT molecular complexity index is 1670. The Morgan fingerprint density at radius 2 is 1.58 bits per heavy atom. The van der Waals surface area contributed by atoms with Crippen LogP contribution in [0.2, 0.25) is 0 Å². The lowest BCUT2D eigenvalue weighted by Gasteiger charge is -2.58. The molecule has 13 heteroatoms. The first-order valence-electron chi connectivity index (χ1n) is 22.7. The molecule has 4 aliphatic carbocycles. The van der Waals surface area contributed by atoms with E-state index >= 15 is 0 Å². The topological polar surface area (TPSA) is 185 Å². The van der Waals surface area contributed by atoms with Crippen LogP contribution in [0.1, 0.15) is 116 Å². The van der Waals surface area contributed by atoms with Crippen LogP contribution < -0.4 is 15.4 Å². The number of hydrogen-bond donors (Lipinski definition) is 6. The molecule has 2 aliphatic heterocycles. The van der Waals surface area contributed by atoms with E-state index in [1.54, 1.807) is 24.3 Å². The Morgan fingerprint density at radius 1 is 0.883 bits per heavy atom. The molecule has 2 amide bonds. The second-order valence-corrected chi connectivity index (χ2v) is 20.0. The van der Waals surface area contributed by atoms with Crippen LogP contribution in [0, 0.1) is 46.3 Å². The molecule has 9 unspecified atom stereocenters. The molecule has 0 spiro atoms. The van der Waals surface area contributed by atoms with Crippen molar-refractivity contribution in [2.24, 2.45) is 46.3 Å². The van der Waals surface area contributed by atoms with Gasteiger partial charge in [0.1, 0.15) is 42.2 Å². The lowest BCUT2D eigenvalue weighted by atomic mass is 9.47. The normalized spacial score (nSPS) is 42.0. The molecule has 1 aromatic rings. The summed E-state index contributed by atoms with van der Waals surface area (Å²) in [6, 6.07) is 4.25. The van der Waals surface area contributed by atoms with Crippen molar-refractivity contribution in [3.63, 3.8) is 0 Å². The van der Waals surface area contributed by atoms with Gasteiger partial charge in [-0.2, -0.15) is 0 Å². The van der Waals surface area contributed by atoms with E-state index in [-0.39, 0.29) is 48.1 Å². The number of rotatable bonds is 13. The van der Waals surface area contributed by atoms with E-state index in [4.69, 9.17) is 23.7 Å². The molecule has 60 heavy (non-hydrogen) atoms. The number of nitrogens with one attached hydrogen (secondary N) is 2. The van der Waals surface area contributed by atoms with Crippen LogP contribution in [0.5, 0.6) is 5.75 Å². The van der Waals surface area contributed by atoms with Gasteiger partial charge in [-0.05, 0) is 116 Å². The Balaban J connectivity index is 1.14. The van der Waals surface area contributed by atoms with E-state index < -0.39 is 55.0 Å². The number of carbonyl (C=O) groups is 2. The third kappa shape index (κ3) is 9.07. The van der Waals surface area contributed by atoms with Gasteiger partial charge in [-0.15, -0.1) is 0 Å². The van der Waals surface area contributed by atoms with Crippen LogP contribution in [0.25, 0.3) is 0 Å². The first-order chi connectivity index (χ1) is 28.5. The number of allylic oxidation sites excluding steroid dienone is 1. The second-order valence-electron chi connectivity index (χ2n) is 20.0. The highest BCUT2D eigenvalue weighted by Gasteiger charge is 2.63. The van der Waals surface area contributed by atoms with Gasteiger partial charge < -0.3 is 54.7 Å². The highest BCUT2D eigenvalue weighted by Crippen LogP contribution is 2.68. The molecule has 1 aromatic carbocycles. The Kier molecular flexibility index (Phi) is 14.1. The molecule has 7 rings (SSSR count). The maximum atomic E-state index is 13.4. The van der Waals surface area contributed by atoms with Crippen molar-refractivity contribution in [3.05, 3.63) is 41.5 Å². The third-order valence-corrected chi connectivity index (χ3v) is 15.8. The number of carbonyl (C=O) groups excluding carboxylic acids is 2. The number of aliphatic hydroxyl groups excluding tert-OH is 4. The molecule has 6 aliphatic rings. The Hall–Kier alpha value is -2.62. The van der Waals surface area contributed by atoms with Gasteiger partial charge in [0, 0.05) is 12.5 Å². The Labute approximate surface area is 356 Å².